The van der Waals surface area contributed by atoms with E-state index in [0.29, 0.717) is 25.8 Å². The third kappa shape index (κ3) is 10.7. The van der Waals surface area contributed by atoms with Crippen LogP contribution in [0.15, 0.2) is 54.6 Å². The molecule has 0 aromatic heterocycles. The first-order valence-electron chi connectivity index (χ1n) is 13.1. The summed E-state index contributed by atoms with van der Waals surface area (Å²) >= 11 is 0. The third-order valence-electron chi connectivity index (χ3n) is 6.21. The van der Waals surface area contributed by atoms with Crippen LogP contribution < -0.4 is 33.2 Å². The summed E-state index contributed by atoms with van der Waals surface area (Å²) in [5.74, 6) is -2.22. The highest BCUT2D eigenvalue weighted by Gasteiger charge is 2.29. The molecule has 0 aliphatic heterocycles. The van der Waals surface area contributed by atoms with Crippen molar-refractivity contribution in [1.29, 1.82) is 0 Å². The second-order valence-electron chi connectivity index (χ2n) is 9.47. The van der Waals surface area contributed by atoms with Gasteiger partial charge in [-0.05, 0) is 55.5 Å². The Balaban J connectivity index is 2.14. The second-order valence-corrected chi connectivity index (χ2v) is 9.47. The molecule has 4 amide bonds. The van der Waals surface area contributed by atoms with Crippen molar-refractivity contribution in [2.45, 2.75) is 69.6 Å². The Labute approximate surface area is 228 Å². The van der Waals surface area contributed by atoms with E-state index >= 15 is 0 Å². The van der Waals surface area contributed by atoms with Gasteiger partial charge in [-0.15, -0.1) is 0 Å². The molecule has 0 saturated carbocycles. The Bertz CT molecular complexity index is 1080. The van der Waals surface area contributed by atoms with E-state index in [0.717, 1.165) is 11.1 Å². The molecule has 0 aliphatic rings. The van der Waals surface area contributed by atoms with Crippen molar-refractivity contribution in [1.82, 2.24) is 16.0 Å². The lowest BCUT2D eigenvalue weighted by molar-refractivity contribution is -0.133. The number of nitrogens with one attached hydrogen (secondary N) is 3. The van der Waals surface area contributed by atoms with Gasteiger partial charge in [-0.3, -0.25) is 19.2 Å². The first-order chi connectivity index (χ1) is 18.6. The SMILES string of the molecule is CCC[C@H](NC(=O)[C@@H](N)Cc1ccc(O)cc1)C(=O)N[C@@H](Cc1ccccc1)C(=O)N[C@@H](CCCN)C(N)=O. The van der Waals surface area contributed by atoms with Crippen molar-refractivity contribution in [3.05, 3.63) is 65.7 Å². The van der Waals surface area contributed by atoms with Gasteiger partial charge in [0.1, 0.15) is 23.9 Å². The molecule has 2 aromatic rings. The number of rotatable bonds is 16. The fraction of sp³-hybridized carbons (Fsp3) is 0.429. The predicted molar refractivity (Wildman–Crippen MR) is 148 cm³/mol. The maximum Gasteiger partial charge on any atom is 0.243 e. The minimum absolute atomic E-state index is 0.104. The standard InChI is InChI=1S/C28H40N6O5/c1-2-7-23(33-26(37)21(30)16-19-11-13-20(35)14-12-19)27(38)34-24(17-18-8-4-3-5-9-18)28(39)32-22(25(31)36)10-6-15-29/h3-5,8-9,11-14,21-24,35H,2,6-7,10,15-17,29-30H2,1H3,(H2,31,36)(H,32,39)(H,33,37)(H,34,38)/t21-,22-,23-,24-/m0/s1. The molecule has 11 heteroatoms. The summed E-state index contributed by atoms with van der Waals surface area (Å²) in [6.07, 6.45) is 2.04. The highest BCUT2D eigenvalue weighted by Crippen LogP contribution is 2.11. The Morgan fingerprint density at radius 2 is 1.33 bits per heavy atom. The van der Waals surface area contributed by atoms with E-state index < -0.39 is 47.8 Å². The van der Waals surface area contributed by atoms with Gasteiger partial charge < -0.3 is 38.3 Å². The number of benzene rings is 2. The van der Waals surface area contributed by atoms with E-state index in [9.17, 15) is 24.3 Å². The lowest BCUT2D eigenvalue weighted by atomic mass is 10.0. The van der Waals surface area contributed by atoms with Crippen LogP contribution in [0.25, 0.3) is 0 Å². The van der Waals surface area contributed by atoms with Crippen molar-refractivity contribution in [3.63, 3.8) is 0 Å². The zero-order valence-electron chi connectivity index (χ0n) is 22.3. The molecule has 11 nitrogen and oxygen atoms in total. The number of phenols is 1. The van der Waals surface area contributed by atoms with Crippen molar-refractivity contribution >= 4 is 23.6 Å². The molecule has 0 heterocycles. The van der Waals surface area contributed by atoms with Crippen LogP contribution in [0.4, 0.5) is 0 Å². The average Bonchev–Trinajstić information content (AvgIpc) is 2.91. The first kappa shape index (κ1) is 31.3. The molecule has 0 unspecified atom stereocenters. The maximum atomic E-state index is 13.3. The summed E-state index contributed by atoms with van der Waals surface area (Å²) in [5.41, 5.74) is 18.6. The second kappa shape index (κ2) is 16.1. The molecular weight excluding hydrogens is 500 g/mol. The summed E-state index contributed by atoms with van der Waals surface area (Å²) in [6, 6.07) is 11.6. The topological polar surface area (TPSA) is 203 Å². The van der Waals surface area contributed by atoms with Gasteiger partial charge in [0.15, 0.2) is 0 Å². The monoisotopic (exact) mass is 540 g/mol. The molecule has 0 radical (unpaired) electrons. The number of primary amides is 1. The normalized spacial score (nSPS) is 13.9. The maximum absolute atomic E-state index is 13.3. The summed E-state index contributed by atoms with van der Waals surface area (Å²) in [4.78, 5) is 51.2. The lowest BCUT2D eigenvalue weighted by Gasteiger charge is -2.25. The van der Waals surface area contributed by atoms with Crippen LogP contribution in [-0.4, -0.2) is 59.4 Å². The molecule has 39 heavy (non-hydrogen) atoms. The number of hydrogen-bond acceptors (Lipinski definition) is 7. The van der Waals surface area contributed by atoms with Crippen molar-refractivity contribution in [2.75, 3.05) is 6.54 Å². The third-order valence-corrected chi connectivity index (χ3v) is 6.21. The summed E-state index contributed by atoms with van der Waals surface area (Å²) < 4.78 is 0. The smallest absolute Gasteiger partial charge is 0.243 e. The van der Waals surface area contributed by atoms with E-state index in [-0.39, 0.29) is 25.0 Å². The molecule has 0 bridgehead atoms. The van der Waals surface area contributed by atoms with Crippen LogP contribution in [0.3, 0.4) is 0 Å². The Kier molecular flexibility index (Phi) is 12.9. The fourth-order valence-corrected chi connectivity index (χ4v) is 4.03. The summed E-state index contributed by atoms with van der Waals surface area (Å²) in [7, 11) is 0. The van der Waals surface area contributed by atoms with E-state index in [1.54, 1.807) is 12.1 Å². The van der Waals surface area contributed by atoms with Gasteiger partial charge in [-0.1, -0.05) is 55.8 Å². The van der Waals surface area contributed by atoms with E-state index in [1.165, 1.54) is 12.1 Å². The molecule has 2 rings (SSSR count). The number of amides is 4. The average molecular weight is 541 g/mol. The summed E-state index contributed by atoms with van der Waals surface area (Å²) in [5, 5.41) is 17.5. The number of aromatic hydroxyl groups is 1. The van der Waals surface area contributed by atoms with Crippen LogP contribution in [0.1, 0.15) is 43.7 Å². The van der Waals surface area contributed by atoms with Gasteiger partial charge in [-0.2, -0.15) is 0 Å². The van der Waals surface area contributed by atoms with Crippen LogP contribution >= 0.6 is 0 Å². The number of carbonyl (C=O) groups is 4. The van der Waals surface area contributed by atoms with Crippen molar-refractivity contribution < 1.29 is 24.3 Å². The number of nitrogens with two attached hydrogens (primary N) is 3. The molecule has 2 aromatic carbocycles. The van der Waals surface area contributed by atoms with Gasteiger partial charge >= 0.3 is 0 Å². The van der Waals surface area contributed by atoms with Crippen molar-refractivity contribution in [3.8, 4) is 5.75 Å². The molecule has 212 valence electrons. The Morgan fingerprint density at radius 3 is 1.92 bits per heavy atom. The molecule has 0 aliphatic carbocycles. The van der Waals surface area contributed by atoms with Crippen LogP contribution in [0.2, 0.25) is 0 Å². The largest absolute Gasteiger partial charge is 0.508 e. The van der Waals surface area contributed by atoms with Crippen molar-refractivity contribution in [2.24, 2.45) is 17.2 Å². The number of hydrogen-bond donors (Lipinski definition) is 7. The fourth-order valence-electron chi connectivity index (χ4n) is 4.03. The highest BCUT2D eigenvalue weighted by molar-refractivity contribution is 5.94. The molecule has 0 spiro atoms. The predicted octanol–water partition coefficient (Wildman–Crippen LogP) is -0.0166. The van der Waals surface area contributed by atoms with Gasteiger partial charge in [-0.25, -0.2) is 0 Å². The van der Waals surface area contributed by atoms with E-state index in [2.05, 4.69) is 16.0 Å². The molecule has 4 atom stereocenters. The van der Waals surface area contributed by atoms with Gasteiger partial charge in [0, 0.05) is 6.42 Å². The zero-order chi connectivity index (χ0) is 28.8. The van der Waals surface area contributed by atoms with Crippen LogP contribution in [-0.2, 0) is 32.0 Å². The van der Waals surface area contributed by atoms with Gasteiger partial charge in [0.25, 0.3) is 0 Å². The number of phenolic OH excluding ortho intramolecular Hbond substituents is 1. The Morgan fingerprint density at radius 1 is 0.769 bits per heavy atom. The number of carbonyl (C=O) groups excluding carboxylic acids is 4. The minimum Gasteiger partial charge on any atom is -0.508 e. The van der Waals surface area contributed by atoms with Crippen LogP contribution in [0.5, 0.6) is 5.75 Å². The zero-order valence-corrected chi connectivity index (χ0v) is 22.3. The quantitative estimate of drug-likeness (QED) is 0.155. The van der Waals surface area contributed by atoms with E-state index in [4.69, 9.17) is 17.2 Å². The van der Waals surface area contributed by atoms with E-state index in [1.807, 2.05) is 37.3 Å². The molecule has 0 fully saturated rings. The minimum atomic E-state index is -1.03. The molecule has 0 saturated heterocycles. The molecule has 10 N–H and O–H groups in total. The lowest BCUT2D eigenvalue weighted by Crippen LogP contribution is -2.58. The first-order valence-corrected chi connectivity index (χ1v) is 13.1. The van der Waals surface area contributed by atoms with Gasteiger partial charge in [0.2, 0.25) is 23.6 Å². The summed E-state index contributed by atoms with van der Waals surface area (Å²) in [6.45, 7) is 2.20. The Hall–Kier alpha value is -3.96. The van der Waals surface area contributed by atoms with Gasteiger partial charge in [0.05, 0.1) is 6.04 Å². The highest BCUT2D eigenvalue weighted by atomic mass is 16.3. The van der Waals surface area contributed by atoms with Crippen LogP contribution in [0, 0.1) is 0 Å². The molecular formula is C28H40N6O5.